The van der Waals surface area contributed by atoms with Crippen molar-refractivity contribution in [1.82, 2.24) is 0 Å². The molecule has 1 aromatic carbocycles. The van der Waals surface area contributed by atoms with E-state index in [1.807, 2.05) is 12.1 Å². The van der Waals surface area contributed by atoms with Crippen LogP contribution in [0.15, 0.2) is 24.3 Å². The van der Waals surface area contributed by atoms with Crippen LogP contribution in [0.1, 0.15) is 51.0 Å². The molecule has 0 radical (unpaired) electrons. The SMILES string of the molecule is CCC(CC)C(O)CC1CCOc2ccccc21. The van der Waals surface area contributed by atoms with Gasteiger partial charge in [0.15, 0.2) is 0 Å². The Morgan fingerprint density at radius 1 is 1.28 bits per heavy atom. The molecule has 0 spiro atoms. The molecule has 1 aliphatic rings. The highest BCUT2D eigenvalue weighted by Gasteiger charge is 2.26. The molecule has 2 heteroatoms. The lowest BCUT2D eigenvalue weighted by Gasteiger charge is -2.29. The molecule has 2 unspecified atom stereocenters. The third-order valence-electron chi connectivity index (χ3n) is 4.20. The van der Waals surface area contributed by atoms with Crippen molar-refractivity contribution in [2.75, 3.05) is 6.61 Å². The number of para-hydroxylation sites is 1. The first kappa shape index (κ1) is 13.4. The maximum atomic E-state index is 10.3. The largest absolute Gasteiger partial charge is 0.493 e. The van der Waals surface area contributed by atoms with E-state index in [2.05, 4.69) is 26.0 Å². The number of fused-ring (bicyclic) bond motifs is 1. The van der Waals surface area contributed by atoms with Gasteiger partial charge in [0.05, 0.1) is 12.7 Å². The van der Waals surface area contributed by atoms with Crippen LogP contribution in [0.5, 0.6) is 5.75 Å². The lowest BCUT2D eigenvalue weighted by molar-refractivity contribution is 0.0812. The second-order valence-electron chi connectivity index (χ2n) is 5.25. The average Bonchev–Trinajstić information content (AvgIpc) is 2.40. The van der Waals surface area contributed by atoms with Crippen LogP contribution in [0.2, 0.25) is 0 Å². The van der Waals surface area contributed by atoms with Crippen molar-refractivity contribution in [2.45, 2.75) is 51.6 Å². The monoisotopic (exact) mass is 248 g/mol. The summed E-state index contributed by atoms with van der Waals surface area (Å²) < 4.78 is 5.67. The summed E-state index contributed by atoms with van der Waals surface area (Å²) in [5.41, 5.74) is 1.27. The van der Waals surface area contributed by atoms with Crippen LogP contribution < -0.4 is 4.74 Å². The van der Waals surface area contributed by atoms with E-state index in [-0.39, 0.29) is 6.10 Å². The van der Waals surface area contributed by atoms with Crippen molar-refractivity contribution in [3.63, 3.8) is 0 Å². The van der Waals surface area contributed by atoms with Gasteiger partial charge in [0.1, 0.15) is 5.75 Å². The summed E-state index contributed by atoms with van der Waals surface area (Å²) in [5, 5.41) is 10.3. The first-order chi connectivity index (χ1) is 8.76. The summed E-state index contributed by atoms with van der Waals surface area (Å²) in [5.74, 6) is 1.89. The number of aliphatic hydroxyl groups excluding tert-OH is 1. The van der Waals surface area contributed by atoms with Crippen molar-refractivity contribution >= 4 is 0 Å². The summed E-state index contributed by atoms with van der Waals surface area (Å²) in [6, 6.07) is 8.24. The van der Waals surface area contributed by atoms with Gasteiger partial charge in [0.25, 0.3) is 0 Å². The van der Waals surface area contributed by atoms with Gasteiger partial charge >= 0.3 is 0 Å². The molecular formula is C16H24O2. The molecule has 0 bridgehead atoms. The van der Waals surface area contributed by atoms with Gasteiger partial charge in [-0.25, -0.2) is 0 Å². The van der Waals surface area contributed by atoms with Crippen LogP contribution >= 0.6 is 0 Å². The maximum absolute atomic E-state index is 10.3. The molecule has 0 saturated carbocycles. The van der Waals surface area contributed by atoms with Gasteiger partial charge in [-0.1, -0.05) is 44.9 Å². The van der Waals surface area contributed by atoms with E-state index < -0.39 is 0 Å². The van der Waals surface area contributed by atoms with E-state index in [9.17, 15) is 5.11 Å². The topological polar surface area (TPSA) is 29.5 Å². The minimum absolute atomic E-state index is 0.184. The average molecular weight is 248 g/mol. The van der Waals surface area contributed by atoms with Crippen molar-refractivity contribution in [3.8, 4) is 5.75 Å². The van der Waals surface area contributed by atoms with E-state index in [1.165, 1.54) is 5.56 Å². The van der Waals surface area contributed by atoms with Gasteiger partial charge in [-0.3, -0.25) is 0 Å². The van der Waals surface area contributed by atoms with Crippen LogP contribution in [0.4, 0.5) is 0 Å². The van der Waals surface area contributed by atoms with Gasteiger partial charge in [0, 0.05) is 0 Å². The molecule has 0 aliphatic carbocycles. The minimum atomic E-state index is -0.184. The molecule has 18 heavy (non-hydrogen) atoms. The van der Waals surface area contributed by atoms with Crippen LogP contribution in [0.3, 0.4) is 0 Å². The summed E-state index contributed by atoms with van der Waals surface area (Å²) >= 11 is 0. The molecule has 2 nitrogen and oxygen atoms in total. The van der Waals surface area contributed by atoms with E-state index in [4.69, 9.17) is 4.74 Å². The third kappa shape index (κ3) is 2.86. The highest BCUT2D eigenvalue weighted by Crippen LogP contribution is 2.37. The second-order valence-corrected chi connectivity index (χ2v) is 5.25. The van der Waals surface area contributed by atoms with Gasteiger partial charge in [0.2, 0.25) is 0 Å². The fourth-order valence-corrected chi connectivity index (χ4v) is 2.98. The minimum Gasteiger partial charge on any atom is -0.493 e. The molecule has 1 aliphatic heterocycles. The van der Waals surface area contributed by atoms with E-state index in [1.54, 1.807) is 0 Å². The molecule has 0 amide bonds. The second kappa shape index (κ2) is 6.24. The standard InChI is InChI=1S/C16H24O2/c1-3-12(4-2)15(17)11-13-9-10-18-16-8-6-5-7-14(13)16/h5-8,12-13,15,17H,3-4,9-11H2,1-2H3. The van der Waals surface area contributed by atoms with E-state index >= 15 is 0 Å². The van der Waals surface area contributed by atoms with E-state index in [0.29, 0.717) is 11.8 Å². The number of rotatable bonds is 5. The highest BCUT2D eigenvalue weighted by molar-refractivity contribution is 5.37. The molecule has 2 atom stereocenters. The quantitative estimate of drug-likeness (QED) is 0.860. The zero-order chi connectivity index (χ0) is 13.0. The molecule has 0 fully saturated rings. The van der Waals surface area contributed by atoms with Crippen molar-refractivity contribution < 1.29 is 9.84 Å². The predicted molar refractivity (Wildman–Crippen MR) is 74.0 cm³/mol. The van der Waals surface area contributed by atoms with Crippen molar-refractivity contribution in [1.29, 1.82) is 0 Å². The fraction of sp³-hybridized carbons (Fsp3) is 0.625. The lowest BCUT2D eigenvalue weighted by Crippen LogP contribution is -2.24. The van der Waals surface area contributed by atoms with Gasteiger partial charge in [-0.2, -0.15) is 0 Å². The van der Waals surface area contributed by atoms with Crippen LogP contribution in [0.25, 0.3) is 0 Å². The summed E-state index contributed by atoms with van der Waals surface area (Å²) in [7, 11) is 0. The Bertz CT molecular complexity index is 371. The Labute approximate surface area is 110 Å². The van der Waals surface area contributed by atoms with Crippen molar-refractivity contribution in [3.05, 3.63) is 29.8 Å². The Morgan fingerprint density at radius 2 is 2.00 bits per heavy atom. The number of hydrogen-bond donors (Lipinski definition) is 1. The lowest BCUT2D eigenvalue weighted by atomic mass is 9.83. The van der Waals surface area contributed by atoms with Crippen LogP contribution in [-0.2, 0) is 0 Å². The van der Waals surface area contributed by atoms with Gasteiger partial charge in [-0.15, -0.1) is 0 Å². The zero-order valence-corrected chi connectivity index (χ0v) is 11.4. The fourth-order valence-electron chi connectivity index (χ4n) is 2.98. The van der Waals surface area contributed by atoms with Gasteiger partial charge < -0.3 is 9.84 Å². The first-order valence-corrected chi connectivity index (χ1v) is 7.16. The molecule has 1 N–H and O–H groups in total. The molecule has 0 saturated heterocycles. The molecular weight excluding hydrogens is 224 g/mol. The molecule has 0 aromatic heterocycles. The third-order valence-corrected chi connectivity index (χ3v) is 4.20. The van der Waals surface area contributed by atoms with Gasteiger partial charge in [-0.05, 0) is 36.3 Å². The molecule has 1 heterocycles. The number of benzene rings is 1. The number of aliphatic hydroxyl groups is 1. The number of hydrogen-bond acceptors (Lipinski definition) is 2. The summed E-state index contributed by atoms with van der Waals surface area (Å²) in [6.45, 7) is 5.10. The number of ether oxygens (including phenoxy) is 1. The maximum Gasteiger partial charge on any atom is 0.122 e. The molecule has 1 aromatic rings. The molecule has 100 valence electrons. The van der Waals surface area contributed by atoms with Crippen LogP contribution in [0, 0.1) is 5.92 Å². The Morgan fingerprint density at radius 3 is 2.72 bits per heavy atom. The van der Waals surface area contributed by atoms with Crippen molar-refractivity contribution in [2.24, 2.45) is 5.92 Å². The summed E-state index contributed by atoms with van der Waals surface area (Å²) in [4.78, 5) is 0. The molecule has 2 rings (SSSR count). The zero-order valence-electron chi connectivity index (χ0n) is 11.4. The Balaban J connectivity index is 2.07. The highest BCUT2D eigenvalue weighted by atomic mass is 16.5. The van der Waals surface area contributed by atoms with Crippen LogP contribution in [-0.4, -0.2) is 17.8 Å². The normalized spacial score (nSPS) is 20.3. The predicted octanol–water partition coefficient (Wildman–Crippen LogP) is 3.74. The first-order valence-electron chi connectivity index (χ1n) is 7.16. The summed E-state index contributed by atoms with van der Waals surface area (Å²) in [6.07, 6.45) is 3.82. The Hall–Kier alpha value is -1.02. The Kier molecular flexibility index (Phi) is 4.65. The smallest absolute Gasteiger partial charge is 0.122 e. The van der Waals surface area contributed by atoms with E-state index in [0.717, 1.165) is 38.0 Å².